The Labute approximate surface area is 106 Å². The Balaban J connectivity index is 1.71. The minimum Gasteiger partial charge on any atom is -0.506 e. The van der Waals surface area contributed by atoms with Crippen LogP contribution in [0.2, 0.25) is 0 Å². The van der Waals surface area contributed by atoms with Crippen LogP contribution < -0.4 is 4.74 Å². The molecule has 1 N–H and O–H groups in total. The number of aromatic nitrogens is 1. The lowest BCUT2D eigenvalue weighted by Crippen LogP contribution is -2.23. The molecule has 1 aliphatic rings. The normalized spacial score (nSPS) is 17.9. The summed E-state index contributed by atoms with van der Waals surface area (Å²) in [5, 5.41) is 9.21. The first-order chi connectivity index (χ1) is 8.81. The van der Waals surface area contributed by atoms with E-state index in [9.17, 15) is 5.11 Å². The monoisotopic (exact) mass is 241 g/mol. The van der Waals surface area contributed by atoms with E-state index in [0.29, 0.717) is 5.92 Å². The van der Waals surface area contributed by atoms with Crippen LogP contribution in [0, 0.1) is 5.92 Å². The van der Waals surface area contributed by atoms with Crippen LogP contribution in [0.5, 0.6) is 11.5 Å². The third-order valence-electron chi connectivity index (χ3n) is 3.26. The second kappa shape index (κ2) is 4.69. The predicted octanol–water partition coefficient (Wildman–Crippen LogP) is 2.58. The van der Waals surface area contributed by atoms with Crippen LogP contribution >= 0.6 is 0 Å². The number of hydrogen-bond donors (Lipinski definition) is 1. The number of benzene rings is 1. The van der Waals surface area contributed by atoms with Crippen molar-refractivity contribution in [2.75, 3.05) is 6.61 Å². The van der Waals surface area contributed by atoms with Gasteiger partial charge in [-0.2, -0.15) is 0 Å². The maximum Gasteiger partial charge on any atom is 0.133 e. The van der Waals surface area contributed by atoms with Gasteiger partial charge in [0.15, 0.2) is 0 Å². The molecule has 0 fully saturated rings. The summed E-state index contributed by atoms with van der Waals surface area (Å²) < 4.78 is 5.75. The fourth-order valence-electron chi connectivity index (χ4n) is 2.36. The molecule has 0 amide bonds. The van der Waals surface area contributed by atoms with Crippen LogP contribution in [-0.4, -0.2) is 16.7 Å². The minimum absolute atomic E-state index is 0.212. The lowest BCUT2D eigenvalue weighted by molar-refractivity contribution is 0.220. The van der Waals surface area contributed by atoms with Crippen LogP contribution in [0.4, 0.5) is 0 Å². The fourth-order valence-corrected chi connectivity index (χ4v) is 2.36. The maximum atomic E-state index is 9.21. The summed E-state index contributed by atoms with van der Waals surface area (Å²) in [6, 6.07) is 11.7. The number of rotatable bonds is 2. The molecular weight excluding hydrogens is 226 g/mol. The van der Waals surface area contributed by atoms with Crippen LogP contribution in [0.25, 0.3) is 0 Å². The summed E-state index contributed by atoms with van der Waals surface area (Å²) >= 11 is 0. The molecule has 3 rings (SSSR count). The Morgan fingerprint density at radius 3 is 2.94 bits per heavy atom. The summed E-state index contributed by atoms with van der Waals surface area (Å²) in [6.07, 6.45) is 3.40. The Morgan fingerprint density at radius 1 is 1.22 bits per heavy atom. The molecule has 3 nitrogen and oxygen atoms in total. The average Bonchev–Trinajstić information content (AvgIpc) is 2.41. The van der Waals surface area contributed by atoms with Crippen molar-refractivity contribution in [3.8, 4) is 11.5 Å². The van der Waals surface area contributed by atoms with E-state index in [-0.39, 0.29) is 5.75 Å². The highest BCUT2D eigenvalue weighted by Crippen LogP contribution is 2.28. The number of fused-ring (bicyclic) bond motifs is 1. The first kappa shape index (κ1) is 11.1. The third kappa shape index (κ3) is 2.30. The Bertz CT molecular complexity index is 536. The zero-order chi connectivity index (χ0) is 12.4. The Kier molecular flexibility index (Phi) is 2.89. The van der Waals surface area contributed by atoms with Gasteiger partial charge in [0, 0.05) is 11.6 Å². The van der Waals surface area contributed by atoms with Gasteiger partial charge in [-0.05, 0) is 36.6 Å². The van der Waals surface area contributed by atoms with Crippen molar-refractivity contribution < 1.29 is 9.84 Å². The van der Waals surface area contributed by atoms with Crippen molar-refractivity contribution >= 4 is 0 Å². The van der Waals surface area contributed by atoms with Crippen molar-refractivity contribution in [3.63, 3.8) is 0 Å². The second-order valence-electron chi connectivity index (χ2n) is 4.70. The van der Waals surface area contributed by atoms with E-state index in [4.69, 9.17) is 4.74 Å². The van der Waals surface area contributed by atoms with Crippen LogP contribution in [0.1, 0.15) is 11.3 Å². The van der Waals surface area contributed by atoms with Crippen molar-refractivity contribution in [2.45, 2.75) is 12.8 Å². The van der Waals surface area contributed by atoms with Gasteiger partial charge in [0.05, 0.1) is 12.8 Å². The first-order valence-corrected chi connectivity index (χ1v) is 6.16. The van der Waals surface area contributed by atoms with Crippen LogP contribution in [0.15, 0.2) is 42.6 Å². The lowest BCUT2D eigenvalue weighted by Gasteiger charge is -2.24. The number of aromatic hydroxyl groups is 1. The van der Waals surface area contributed by atoms with Gasteiger partial charge in [-0.15, -0.1) is 0 Å². The zero-order valence-corrected chi connectivity index (χ0v) is 10.0. The number of nitrogens with zero attached hydrogens (tertiary/aromatic N) is 1. The molecule has 0 saturated carbocycles. The number of para-hydroxylation sites is 1. The SMILES string of the molecule is Oc1ccc(C[C@H]2COc3ccccc3C2)nc1. The third-order valence-corrected chi connectivity index (χ3v) is 3.26. The fraction of sp³-hybridized carbons (Fsp3) is 0.267. The quantitative estimate of drug-likeness (QED) is 0.878. The van der Waals surface area contributed by atoms with E-state index in [1.807, 2.05) is 24.3 Å². The van der Waals surface area contributed by atoms with E-state index < -0.39 is 0 Å². The Morgan fingerprint density at radius 2 is 2.11 bits per heavy atom. The smallest absolute Gasteiger partial charge is 0.133 e. The van der Waals surface area contributed by atoms with Crippen LogP contribution in [0.3, 0.4) is 0 Å². The standard InChI is InChI=1S/C15H15NO2/c17-14-6-5-13(16-9-14)8-11-7-12-3-1-2-4-15(12)18-10-11/h1-6,9,11,17H,7-8,10H2/t11-/m0/s1. The highest BCUT2D eigenvalue weighted by Gasteiger charge is 2.20. The van der Waals surface area contributed by atoms with Gasteiger partial charge in [0.2, 0.25) is 0 Å². The first-order valence-electron chi connectivity index (χ1n) is 6.16. The maximum absolute atomic E-state index is 9.21. The molecule has 0 spiro atoms. The lowest BCUT2D eigenvalue weighted by atomic mass is 9.93. The van der Waals surface area contributed by atoms with Gasteiger partial charge in [0.1, 0.15) is 11.5 Å². The van der Waals surface area contributed by atoms with Crippen molar-refractivity contribution in [2.24, 2.45) is 5.92 Å². The topological polar surface area (TPSA) is 42.4 Å². The molecule has 3 heteroatoms. The van der Waals surface area contributed by atoms with Gasteiger partial charge in [-0.1, -0.05) is 18.2 Å². The van der Waals surface area contributed by atoms with E-state index in [2.05, 4.69) is 11.1 Å². The van der Waals surface area contributed by atoms with E-state index in [1.54, 1.807) is 6.07 Å². The molecule has 0 aliphatic carbocycles. The van der Waals surface area contributed by atoms with Crippen LogP contribution in [-0.2, 0) is 12.8 Å². The number of pyridine rings is 1. The summed E-state index contributed by atoms with van der Waals surface area (Å²) in [4.78, 5) is 4.22. The molecule has 18 heavy (non-hydrogen) atoms. The summed E-state index contributed by atoms with van der Waals surface area (Å²) in [5.74, 6) is 1.67. The summed E-state index contributed by atoms with van der Waals surface area (Å²) in [6.45, 7) is 0.736. The molecule has 1 atom stereocenters. The van der Waals surface area contributed by atoms with Gasteiger partial charge in [0.25, 0.3) is 0 Å². The molecular formula is C15H15NO2. The van der Waals surface area contributed by atoms with E-state index >= 15 is 0 Å². The molecule has 0 unspecified atom stereocenters. The molecule has 2 aromatic rings. The van der Waals surface area contributed by atoms with Gasteiger partial charge >= 0.3 is 0 Å². The zero-order valence-electron chi connectivity index (χ0n) is 10.0. The Hall–Kier alpha value is -2.03. The van der Waals surface area contributed by atoms with Gasteiger partial charge in [-0.3, -0.25) is 4.98 Å². The average molecular weight is 241 g/mol. The molecule has 0 radical (unpaired) electrons. The molecule has 1 aromatic carbocycles. The highest BCUT2D eigenvalue weighted by atomic mass is 16.5. The summed E-state index contributed by atoms with van der Waals surface area (Å²) in [5.41, 5.74) is 2.27. The molecule has 0 saturated heterocycles. The van der Waals surface area contributed by atoms with E-state index in [0.717, 1.165) is 30.9 Å². The minimum atomic E-state index is 0.212. The van der Waals surface area contributed by atoms with Gasteiger partial charge < -0.3 is 9.84 Å². The second-order valence-corrected chi connectivity index (χ2v) is 4.70. The molecule has 1 aromatic heterocycles. The number of ether oxygens (including phenoxy) is 1. The van der Waals surface area contributed by atoms with Crippen molar-refractivity contribution in [1.82, 2.24) is 4.98 Å². The molecule has 2 heterocycles. The largest absolute Gasteiger partial charge is 0.506 e. The van der Waals surface area contributed by atoms with Gasteiger partial charge in [-0.25, -0.2) is 0 Å². The molecule has 0 bridgehead atoms. The molecule has 92 valence electrons. The highest BCUT2D eigenvalue weighted by molar-refractivity contribution is 5.35. The van der Waals surface area contributed by atoms with Crippen molar-refractivity contribution in [1.29, 1.82) is 0 Å². The van der Waals surface area contributed by atoms with Crippen molar-refractivity contribution in [3.05, 3.63) is 53.9 Å². The number of hydrogen-bond acceptors (Lipinski definition) is 3. The predicted molar refractivity (Wildman–Crippen MR) is 68.7 cm³/mol. The van der Waals surface area contributed by atoms with E-state index in [1.165, 1.54) is 11.8 Å². The summed E-state index contributed by atoms with van der Waals surface area (Å²) in [7, 11) is 0. The molecule has 1 aliphatic heterocycles.